The first kappa shape index (κ1) is 14.6. The van der Waals surface area contributed by atoms with Gasteiger partial charge in [-0.1, -0.05) is 0 Å². The van der Waals surface area contributed by atoms with Crippen molar-refractivity contribution >= 4 is 46.5 Å². The molecule has 0 saturated heterocycles. The standard InChI is InChI=1S/C13H9N5O2SSe/c14-13-15-11(10-2-1-7-21-10)12(22-13)17-16-8-3-5-9(6-4-8)18(19)20/h1-7H,(H2,14,15). The molecule has 0 atom stereocenters. The average molecular weight is 378 g/mol. The van der Waals surface area contributed by atoms with Crippen molar-refractivity contribution in [1.29, 1.82) is 0 Å². The van der Waals surface area contributed by atoms with Crippen LogP contribution in [-0.2, 0) is 0 Å². The number of anilines is 1. The molecule has 0 bridgehead atoms. The second-order valence-electron chi connectivity index (χ2n) is 4.16. The van der Waals surface area contributed by atoms with Crippen LogP contribution in [0.25, 0.3) is 10.6 Å². The number of rotatable bonds is 4. The first-order chi connectivity index (χ1) is 10.6. The van der Waals surface area contributed by atoms with Gasteiger partial charge in [0.25, 0.3) is 0 Å². The van der Waals surface area contributed by atoms with E-state index in [0.717, 1.165) is 15.1 Å². The number of aromatic nitrogens is 1. The van der Waals surface area contributed by atoms with Gasteiger partial charge in [0.1, 0.15) is 0 Å². The van der Waals surface area contributed by atoms with Crippen LogP contribution < -0.4 is 5.73 Å². The molecule has 22 heavy (non-hydrogen) atoms. The predicted molar refractivity (Wildman–Crippen MR) is 86.2 cm³/mol. The number of nitrogens with zero attached hydrogens (tertiary/aromatic N) is 4. The first-order valence-corrected chi connectivity index (χ1v) is 8.69. The van der Waals surface area contributed by atoms with Gasteiger partial charge in [-0.3, -0.25) is 0 Å². The van der Waals surface area contributed by atoms with Gasteiger partial charge in [0.05, 0.1) is 0 Å². The van der Waals surface area contributed by atoms with Gasteiger partial charge in [0.15, 0.2) is 0 Å². The van der Waals surface area contributed by atoms with Crippen molar-refractivity contribution < 1.29 is 4.92 Å². The van der Waals surface area contributed by atoms with Crippen LogP contribution in [0.3, 0.4) is 0 Å². The molecule has 0 aliphatic rings. The molecular weight excluding hydrogens is 369 g/mol. The van der Waals surface area contributed by atoms with E-state index in [1.54, 1.807) is 23.5 Å². The molecule has 2 N–H and O–H groups in total. The molecular formula is C13H9N5O2SSe. The molecule has 0 spiro atoms. The minimum absolute atomic E-state index is 0.0232. The summed E-state index contributed by atoms with van der Waals surface area (Å²) < 4.78 is 1.32. The number of nitrogens with two attached hydrogens (primary N) is 1. The third kappa shape index (κ3) is 3.11. The molecule has 0 aliphatic carbocycles. The van der Waals surface area contributed by atoms with Crippen LogP contribution in [-0.4, -0.2) is 24.4 Å². The van der Waals surface area contributed by atoms with Crippen molar-refractivity contribution in [3.05, 3.63) is 51.9 Å². The molecule has 0 fully saturated rings. The molecule has 2 heterocycles. The average Bonchev–Trinajstić information content (AvgIpc) is 3.14. The molecule has 0 saturated carbocycles. The number of hydrogen-bond acceptors (Lipinski definition) is 7. The number of benzene rings is 1. The van der Waals surface area contributed by atoms with Crippen molar-refractivity contribution in [3.63, 3.8) is 0 Å². The molecule has 7 nitrogen and oxygen atoms in total. The van der Waals surface area contributed by atoms with Crippen molar-refractivity contribution in [2.45, 2.75) is 0 Å². The van der Waals surface area contributed by atoms with E-state index < -0.39 is 4.92 Å². The Labute approximate surface area is 135 Å². The molecule has 1 aromatic carbocycles. The third-order valence-corrected chi connectivity index (χ3v) is 5.19. The summed E-state index contributed by atoms with van der Waals surface area (Å²) in [6.07, 6.45) is 0. The molecule has 2 aromatic heterocycles. The van der Waals surface area contributed by atoms with Gasteiger partial charge in [-0.25, -0.2) is 0 Å². The third-order valence-electron chi connectivity index (χ3n) is 2.70. The molecule has 110 valence electrons. The van der Waals surface area contributed by atoms with Crippen LogP contribution >= 0.6 is 11.3 Å². The van der Waals surface area contributed by atoms with Crippen LogP contribution in [0.1, 0.15) is 0 Å². The van der Waals surface area contributed by atoms with E-state index in [0.29, 0.717) is 10.4 Å². The number of azo groups is 1. The minimum atomic E-state index is -0.451. The number of nitrogen functional groups attached to an aromatic ring is 1. The molecule has 0 unspecified atom stereocenters. The summed E-state index contributed by atoms with van der Waals surface area (Å²) in [5, 5.41) is 20.9. The Morgan fingerprint density at radius 3 is 2.64 bits per heavy atom. The van der Waals surface area contributed by atoms with Gasteiger partial charge < -0.3 is 0 Å². The maximum atomic E-state index is 10.6. The predicted octanol–water partition coefficient (Wildman–Crippen LogP) is 3.77. The summed E-state index contributed by atoms with van der Waals surface area (Å²) in [6, 6.07) is 9.80. The summed E-state index contributed by atoms with van der Waals surface area (Å²) in [6.45, 7) is 0. The van der Waals surface area contributed by atoms with Crippen LogP contribution in [0.5, 0.6) is 0 Å². The summed E-state index contributed by atoms with van der Waals surface area (Å²) in [4.78, 5) is 15.5. The Morgan fingerprint density at radius 1 is 1.23 bits per heavy atom. The Balaban J connectivity index is 1.88. The van der Waals surface area contributed by atoms with Crippen molar-refractivity contribution in [2.75, 3.05) is 5.73 Å². The fourth-order valence-electron chi connectivity index (χ4n) is 1.71. The Hall–Kier alpha value is -2.35. The molecule has 0 aliphatic heterocycles. The Kier molecular flexibility index (Phi) is 4.10. The normalized spacial score (nSPS) is 11.1. The molecule has 9 heteroatoms. The SMILES string of the molecule is Nc1nc(-c2cccs2)c(N=Nc2ccc([N+](=O)[O-])cc2)[se]1. The van der Waals surface area contributed by atoms with Crippen molar-refractivity contribution in [1.82, 2.24) is 4.98 Å². The zero-order valence-electron chi connectivity index (χ0n) is 11.0. The number of hydrogen-bond donors (Lipinski definition) is 1. The van der Waals surface area contributed by atoms with Gasteiger partial charge >= 0.3 is 135 Å². The molecule has 3 aromatic rings. The maximum absolute atomic E-state index is 10.6. The van der Waals surface area contributed by atoms with Crippen LogP contribution in [0, 0.1) is 10.1 Å². The molecule has 0 amide bonds. The van der Waals surface area contributed by atoms with Crippen LogP contribution in [0.15, 0.2) is 52.0 Å². The van der Waals surface area contributed by atoms with Gasteiger partial charge in [-0.05, 0) is 0 Å². The second kappa shape index (κ2) is 6.18. The first-order valence-electron chi connectivity index (χ1n) is 6.10. The number of nitro groups is 1. The fraction of sp³-hybridized carbons (Fsp3) is 0. The summed E-state index contributed by atoms with van der Waals surface area (Å²) in [7, 11) is 0. The number of thiophene rings is 1. The second-order valence-corrected chi connectivity index (χ2v) is 7.22. The summed E-state index contributed by atoms with van der Waals surface area (Å²) in [5.41, 5.74) is 7.14. The van der Waals surface area contributed by atoms with Gasteiger partial charge in [-0.15, -0.1) is 0 Å². The monoisotopic (exact) mass is 379 g/mol. The zero-order valence-corrected chi connectivity index (χ0v) is 13.6. The fourth-order valence-corrected chi connectivity index (χ4v) is 3.98. The number of nitro benzene ring substituents is 1. The van der Waals surface area contributed by atoms with Gasteiger partial charge in [0, 0.05) is 0 Å². The van der Waals surface area contributed by atoms with E-state index in [9.17, 15) is 10.1 Å². The van der Waals surface area contributed by atoms with E-state index in [1.807, 2.05) is 17.5 Å². The summed E-state index contributed by atoms with van der Waals surface area (Å²) in [5.74, 6) is 0. The van der Waals surface area contributed by atoms with Crippen LogP contribution in [0.4, 0.5) is 20.6 Å². The van der Waals surface area contributed by atoms with E-state index >= 15 is 0 Å². The quantitative estimate of drug-likeness (QED) is 0.323. The van der Waals surface area contributed by atoms with E-state index in [1.165, 1.54) is 12.1 Å². The topological polar surface area (TPSA) is 107 Å². The zero-order chi connectivity index (χ0) is 15.5. The van der Waals surface area contributed by atoms with E-state index in [-0.39, 0.29) is 20.2 Å². The molecule has 3 rings (SSSR count). The van der Waals surface area contributed by atoms with E-state index in [2.05, 4.69) is 15.2 Å². The van der Waals surface area contributed by atoms with Crippen molar-refractivity contribution in [3.8, 4) is 10.6 Å². The van der Waals surface area contributed by atoms with Gasteiger partial charge in [0.2, 0.25) is 0 Å². The van der Waals surface area contributed by atoms with Crippen LogP contribution in [0.2, 0.25) is 0 Å². The number of non-ortho nitro benzene ring substituents is 1. The van der Waals surface area contributed by atoms with E-state index in [4.69, 9.17) is 5.73 Å². The Morgan fingerprint density at radius 2 is 2.00 bits per heavy atom. The Bertz CT molecular complexity index is 827. The van der Waals surface area contributed by atoms with Crippen molar-refractivity contribution in [2.24, 2.45) is 10.2 Å². The molecule has 0 radical (unpaired) electrons. The van der Waals surface area contributed by atoms with Gasteiger partial charge in [-0.2, -0.15) is 0 Å². The summed E-state index contributed by atoms with van der Waals surface area (Å²) >= 11 is 1.42.